The molecule has 2 aromatic rings. The third kappa shape index (κ3) is 2.22. The quantitative estimate of drug-likeness (QED) is 0.884. The van der Waals surface area contributed by atoms with Crippen molar-refractivity contribution in [2.75, 3.05) is 11.2 Å². The average Bonchev–Trinajstić information content (AvgIpc) is 2.96. The minimum Gasteiger partial charge on any atom is -0.362 e. The van der Waals surface area contributed by atoms with E-state index in [1.54, 1.807) is 0 Å². The standard InChI is InChI=1S/C11H10ClF3N4/c12-6-10(1-2-10)17-9-7-5-8(11(13,14)15)18-19(7)4-3-16-9/h3-5H,1-2,6H2,(H,16,17). The van der Waals surface area contributed by atoms with Gasteiger partial charge in [-0.3, -0.25) is 0 Å². The maximum atomic E-state index is 12.6. The Labute approximate surface area is 111 Å². The molecule has 3 rings (SSSR count). The number of hydrogen-bond acceptors (Lipinski definition) is 3. The SMILES string of the molecule is FC(F)(F)c1cc2c(NC3(CCl)CC3)nccn2n1. The molecule has 0 spiro atoms. The predicted molar refractivity (Wildman–Crippen MR) is 64.3 cm³/mol. The molecule has 2 aromatic heterocycles. The van der Waals surface area contributed by atoms with Crippen molar-refractivity contribution in [3.8, 4) is 0 Å². The molecule has 2 heterocycles. The van der Waals surface area contributed by atoms with Gasteiger partial charge in [-0.05, 0) is 12.8 Å². The van der Waals surface area contributed by atoms with Gasteiger partial charge in [0.2, 0.25) is 0 Å². The molecule has 0 bridgehead atoms. The van der Waals surface area contributed by atoms with E-state index in [0.29, 0.717) is 17.2 Å². The summed E-state index contributed by atoms with van der Waals surface area (Å²) in [6.07, 6.45) is 0.106. The molecule has 0 saturated heterocycles. The lowest BCUT2D eigenvalue weighted by Crippen LogP contribution is -2.24. The van der Waals surface area contributed by atoms with E-state index >= 15 is 0 Å². The first-order valence-corrected chi connectivity index (χ1v) is 6.23. The van der Waals surface area contributed by atoms with Gasteiger partial charge in [-0.25, -0.2) is 9.50 Å². The normalized spacial score (nSPS) is 17.7. The van der Waals surface area contributed by atoms with Crippen molar-refractivity contribution in [3.63, 3.8) is 0 Å². The van der Waals surface area contributed by atoms with Crippen LogP contribution in [0.25, 0.3) is 5.52 Å². The van der Waals surface area contributed by atoms with Gasteiger partial charge < -0.3 is 5.32 Å². The number of alkyl halides is 4. The maximum absolute atomic E-state index is 12.6. The molecule has 0 amide bonds. The van der Waals surface area contributed by atoms with E-state index in [4.69, 9.17) is 11.6 Å². The number of anilines is 1. The molecular formula is C11H10ClF3N4. The zero-order valence-corrected chi connectivity index (χ0v) is 10.5. The van der Waals surface area contributed by atoms with Crippen LogP contribution in [-0.2, 0) is 6.18 Å². The van der Waals surface area contributed by atoms with E-state index in [-0.39, 0.29) is 5.54 Å². The monoisotopic (exact) mass is 290 g/mol. The Morgan fingerprint density at radius 1 is 1.42 bits per heavy atom. The summed E-state index contributed by atoms with van der Waals surface area (Å²) in [4.78, 5) is 4.08. The number of aromatic nitrogens is 3. The van der Waals surface area contributed by atoms with Crippen molar-refractivity contribution in [3.05, 3.63) is 24.2 Å². The fourth-order valence-corrected chi connectivity index (χ4v) is 2.19. The first kappa shape index (κ1) is 12.5. The van der Waals surface area contributed by atoms with Gasteiger partial charge in [0.1, 0.15) is 5.52 Å². The molecule has 0 atom stereocenters. The van der Waals surface area contributed by atoms with Crippen LogP contribution < -0.4 is 5.32 Å². The van der Waals surface area contributed by atoms with Crippen LogP contribution in [-0.4, -0.2) is 26.0 Å². The number of rotatable bonds is 3. The van der Waals surface area contributed by atoms with Crippen molar-refractivity contribution >= 4 is 22.9 Å². The highest BCUT2D eigenvalue weighted by Crippen LogP contribution is 2.40. The zero-order chi connectivity index (χ0) is 13.7. The molecular weight excluding hydrogens is 281 g/mol. The van der Waals surface area contributed by atoms with E-state index in [0.717, 1.165) is 18.9 Å². The third-order valence-electron chi connectivity index (χ3n) is 3.17. The van der Waals surface area contributed by atoms with E-state index in [2.05, 4.69) is 15.4 Å². The lowest BCUT2D eigenvalue weighted by atomic mass is 10.3. The lowest BCUT2D eigenvalue weighted by Gasteiger charge is -2.14. The summed E-state index contributed by atoms with van der Waals surface area (Å²) in [6.45, 7) is 0. The smallest absolute Gasteiger partial charge is 0.362 e. The summed E-state index contributed by atoms with van der Waals surface area (Å²) < 4.78 is 39.1. The zero-order valence-electron chi connectivity index (χ0n) is 9.71. The van der Waals surface area contributed by atoms with Crippen LogP contribution in [0.3, 0.4) is 0 Å². The van der Waals surface area contributed by atoms with E-state index in [1.807, 2.05) is 0 Å². The number of hydrogen-bond donors (Lipinski definition) is 1. The molecule has 19 heavy (non-hydrogen) atoms. The van der Waals surface area contributed by atoms with Crippen LogP contribution >= 0.6 is 11.6 Å². The summed E-state index contributed by atoms with van der Waals surface area (Å²) >= 11 is 5.84. The summed E-state index contributed by atoms with van der Waals surface area (Å²) in [6, 6.07) is 0.986. The van der Waals surface area contributed by atoms with E-state index in [9.17, 15) is 13.2 Å². The Kier molecular flexibility index (Phi) is 2.63. The van der Waals surface area contributed by atoms with Crippen LogP contribution in [0.1, 0.15) is 18.5 Å². The van der Waals surface area contributed by atoms with Gasteiger partial charge in [0.25, 0.3) is 0 Å². The third-order valence-corrected chi connectivity index (χ3v) is 3.68. The molecule has 0 unspecified atom stereocenters. The Morgan fingerprint density at radius 3 is 2.74 bits per heavy atom. The molecule has 102 valence electrons. The van der Waals surface area contributed by atoms with Crippen molar-refractivity contribution in [1.29, 1.82) is 0 Å². The van der Waals surface area contributed by atoms with Crippen molar-refractivity contribution in [1.82, 2.24) is 14.6 Å². The van der Waals surface area contributed by atoms with Crippen LogP contribution in [0, 0.1) is 0 Å². The van der Waals surface area contributed by atoms with Crippen LogP contribution in [0.5, 0.6) is 0 Å². The summed E-state index contributed by atoms with van der Waals surface area (Å²) in [7, 11) is 0. The number of nitrogens with one attached hydrogen (secondary N) is 1. The molecule has 1 fully saturated rings. The maximum Gasteiger partial charge on any atom is 0.435 e. The predicted octanol–water partition coefficient (Wildman–Crippen LogP) is 2.93. The lowest BCUT2D eigenvalue weighted by molar-refractivity contribution is -0.141. The second-order valence-corrected chi connectivity index (χ2v) is 4.94. The van der Waals surface area contributed by atoms with Gasteiger partial charge in [-0.2, -0.15) is 18.3 Å². The molecule has 1 aliphatic rings. The fraction of sp³-hybridized carbons (Fsp3) is 0.455. The summed E-state index contributed by atoms with van der Waals surface area (Å²) in [5.41, 5.74) is -0.871. The Balaban J connectivity index is 2.03. The topological polar surface area (TPSA) is 42.2 Å². The van der Waals surface area contributed by atoms with Gasteiger partial charge in [-0.1, -0.05) is 0 Å². The highest BCUT2D eigenvalue weighted by atomic mass is 35.5. The Hall–Kier alpha value is -1.50. The van der Waals surface area contributed by atoms with Crippen molar-refractivity contribution in [2.45, 2.75) is 24.6 Å². The van der Waals surface area contributed by atoms with E-state index in [1.165, 1.54) is 16.9 Å². The number of fused-ring (bicyclic) bond motifs is 1. The molecule has 1 aliphatic carbocycles. The van der Waals surface area contributed by atoms with Gasteiger partial charge in [0, 0.05) is 24.3 Å². The largest absolute Gasteiger partial charge is 0.435 e. The number of nitrogens with zero attached hydrogens (tertiary/aromatic N) is 3. The highest BCUT2D eigenvalue weighted by Gasteiger charge is 2.42. The average molecular weight is 291 g/mol. The van der Waals surface area contributed by atoms with Gasteiger partial charge in [0.05, 0.1) is 5.54 Å². The Bertz CT molecular complexity index is 618. The van der Waals surface area contributed by atoms with Crippen LogP contribution in [0.15, 0.2) is 18.5 Å². The van der Waals surface area contributed by atoms with Gasteiger partial charge in [0.15, 0.2) is 11.5 Å². The van der Waals surface area contributed by atoms with Crippen LogP contribution in [0.4, 0.5) is 19.0 Å². The minimum atomic E-state index is -4.47. The fourth-order valence-electron chi connectivity index (χ4n) is 1.85. The first-order chi connectivity index (χ1) is 8.93. The van der Waals surface area contributed by atoms with Crippen molar-refractivity contribution < 1.29 is 13.2 Å². The molecule has 0 radical (unpaired) electrons. The molecule has 8 heteroatoms. The minimum absolute atomic E-state index is 0.237. The second-order valence-electron chi connectivity index (χ2n) is 4.67. The van der Waals surface area contributed by atoms with Gasteiger partial charge >= 0.3 is 6.18 Å². The first-order valence-electron chi connectivity index (χ1n) is 5.69. The van der Waals surface area contributed by atoms with E-state index < -0.39 is 11.9 Å². The molecule has 1 N–H and O–H groups in total. The summed E-state index contributed by atoms with van der Waals surface area (Å²) in [5.74, 6) is 0.777. The van der Waals surface area contributed by atoms with Crippen LogP contribution in [0.2, 0.25) is 0 Å². The molecule has 1 saturated carbocycles. The summed E-state index contributed by atoms with van der Waals surface area (Å²) in [5, 5.41) is 6.62. The van der Waals surface area contributed by atoms with Crippen molar-refractivity contribution in [2.24, 2.45) is 0 Å². The van der Waals surface area contributed by atoms with Gasteiger partial charge in [-0.15, -0.1) is 11.6 Å². The molecule has 0 aliphatic heterocycles. The molecule has 0 aromatic carbocycles. The Morgan fingerprint density at radius 2 is 2.16 bits per heavy atom. The highest BCUT2D eigenvalue weighted by molar-refractivity contribution is 6.19. The second kappa shape index (κ2) is 4.00. The number of halogens is 4. The molecule has 4 nitrogen and oxygen atoms in total.